The van der Waals surface area contributed by atoms with E-state index < -0.39 is 29.3 Å². The first kappa shape index (κ1) is 26.6. The van der Waals surface area contributed by atoms with Crippen LogP contribution < -0.4 is 20.1 Å². The fourth-order valence-corrected chi connectivity index (χ4v) is 4.85. The molecule has 3 rings (SSSR count). The summed E-state index contributed by atoms with van der Waals surface area (Å²) in [5.74, 6) is -3.04. The van der Waals surface area contributed by atoms with Gasteiger partial charge in [0.1, 0.15) is 7.92 Å². The zero-order chi connectivity index (χ0) is 24.9. The molecule has 12 heteroatoms. The maximum Gasteiger partial charge on any atom is 0.485 e. The Bertz CT molecular complexity index is 1090. The number of anilines is 1. The van der Waals surface area contributed by atoms with E-state index in [1.807, 2.05) is 55.4 Å². The number of halogens is 5. The van der Waals surface area contributed by atoms with Crippen LogP contribution in [0, 0.1) is 0 Å². The van der Waals surface area contributed by atoms with Crippen molar-refractivity contribution in [2.75, 3.05) is 19.0 Å². The number of hydrogen-bond acceptors (Lipinski definition) is 4. The lowest BCUT2D eigenvalue weighted by atomic mass is 10.4. The first-order valence-electron chi connectivity index (χ1n) is 9.24. The lowest BCUT2D eigenvalue weighted by Crippen LogP contribution is -2.51. The van der Waals surface area contributed by atoms with Gasteiger partial charge in [-0.25, -0.2) is 8.42 Å². The van der Waals surface area contributed by atoms with Gasteiger partial charge in [0.15, 0.2) is 22.5 Å². The number of hydrogen-bond donors (Lipinski definition) is 0. The van der Waals surface area contributed by atoms with Crippen LogP contribution in [0.25, 0.3) is 0 Å². The Hall–Kier alpha value is -2.62. The third-order valence-corrected chi connectivity index (χ3v) is 7.19. The smallest absolute Gasteiger partial charge is 0.485 e. The highest BCUT2D eigenvalue weighted by molar-refractivity contribution is 7.86. The van der Waals surface area contributed by atoms with Gasteiger partial charge in [0.25, 0.3) is 0 Å². The molecule has 0 radical (unpaired) electrons. The second-order valence-corrected chi connectivity index (χ2v) is 10.4. The van der Waals surface area contributed by atoms with E-state index in [9.17, 15) is 13.2 Å². The summed E-state index contributed by atoms with van der Waals surface area (Å²) in [5.41, 5.74) is -4.76. The molecule has 1 heterocycles. The lowest BCUT2D eigenvalue weighted by Gasteiger charge is -2.23. The van der Waals surface area contributed by atoms with E-state index >= 15 is 8.78 Å². The highest BCUT2D eigenvalue weighted by Gasteiger charge is 2.51. The molecule has 0 aliphatic heterocycles. The first-order chi connectivity index (χ1) is 15.2. The minimum atomic E-state index is -6.09. The zero-order valence-electron chi connectivity index (χ0n) is 17.4. The van der Waals surface area contributed by atoms with Crippen LogP contribution in [-0.2, 0) is 15.9 Å². The first-order valence-corrected chi connectivity index (χ1v) is 12.0. The van der Waals surface area contributed by atoms with Gasteiger partial charge in [-0.1, -0.05) is 60.7 Å². The van der Waals surface area contributed by atoms with Gasteiger partial charge in [-0.2, -0.15) is 13.2 Å². The van der Waals surface area contributed by atoms with E-state index in [1.54, 1.807) is 36.4 Å². The molecular weight excluding hydrogens is 486 g/mol. The average molecular weight is 506 g/mol. The van der Waals surface area contributed by atoms with E-state index in [0.717, 1.165) is 10.3 Å². The van der Waals surface area contributed by atoms with Crippen molar-refractivity contribution in [2.24, 2.45) is 0 Å². The number of nitrogens with zero attached hydrogens (tertiary/aromatic N) is 2. The molecule has 33 heavy (non-hydrogen) atoms. The Morgan fingerprint density at radius 2 is 1.15 bits per heavy atom. The van der Waals surface area contributed by atoms with Crippen molar-refractivity contribution in [3.05, 3.63) is 85.2 Å². The number of pyridine rings is 1. The molecule has 0 fully saturated rings. The third-order valence-electron chi connectivity index (χ3n) is 4.22. The average Bonchev–Trinajstić information content (AvgIpc) is 2.74. The third kappa shape index (κ3) is 6.93. The maximum atomic E-state index is 15.5. The van der Waals surface area contributed by atoms with Gasteiger partial charge in [-0.3, -0.25) is 0 Å². The van der Waals surface area contributed by atoms with Crippen LogP contribution in [-0.4, -0.2) is 32.6 Å². The van der Waals surface area contributed by atoms with Crippen LogP contribution in [0.5, 0.6) is 0 Å². The molecule has 0 saturated heterocycles. The molecule has 5 nitrogen and oxygen atoms in total. The summed E-state index contributed by atoms with van der Waals surface area (Å²) in [5, 5.41) is 1.30. The summed E-state index contributed by atoms with van der Waals surface area (Å²) >= 11 is 0. The topological polar surface area (TPSA) is 64.3 Å². The van der Waals surface area contributed by atoms with Gasteiger partial charge >= 0.3 is 11.3 Å². The summed E-state index contributed by atoms with van der Waals surface area (Å²) < 4.78 is 90.9. The van der Waals surface area contributed by atoms with Gasteiger partial charge in [0.05, 0.1) is 0 Å². The Kier molecular flexibility index (Phi) is 8.51. The van der Waals surface area contributed by atoms with E-state index in [0.29, 0.717) is 10.6 Å². The summed E-state index contributed by atoms with van der Waals surface area (Å²) in [6.45, 7) is 0. The molecule has 0 atom stereocenters. The Morgan fingerprint density at radius 1 is 0.788 bits per heavy atom. The predicted octanol–water partition coefficient (Wildman–Crippen LogP) is 3.73. The SMILES string of the molecule is CN(C)c1cc[n+](C(F)(F)P(c2ccccc2)c2ccccc2)cc1.O=S(=O)([O-])C(F)(F)F. The Morgan fingerprint density at radius 3 is 1.45 bits per heavy atom. The minimum absolute atomic E-state index is 0.651. The van der Waals surface area contributed by atoms with E-state index in [-0.39, 0.29) is 0 Å². The number of rotatable bonds is 5. The number of aromatic nitrogens is 1. The lowest BCUT2D eigenvalue weighted by molar-refractivity contribution is -0.793. The van der Waals surface area contributed by atoms with Crippen molar-refractivity contribution in [3.63, 3.8) is 0 Å². The molecule has 0 unspecified atom stereocenters. The largest absolute Gasteiger partial charge is 0.741 e. The predicted molar refractivity (Wildman–Crippen MR) is 116 cm³/mol. The summed E-state index contributed by atoms with van der Waals surface area (Å²) in [4.78, 5) is 1.89. The monoisotopic (exact) mass is 506 g/mol. The van der Waals surface area contributed by atoms with Gasteiger partial charge in [0, 0.05) is 31.9 Å². The van der Waals surface area contributed by atoms with E-state index in [4.69, 9.17) is 13.0 Å². The van der Waals surface area contributed by atoms with Gasteiger partial charge in [-0.05, 0) is 10.6 Å². The van der Waals surface area contributed by atoms with Crippen molar-refractivity contribution in [3.8, 4) is 0 Å². The molecule has 1 aromatic heterocycles. The van der Waals surface area contributed by atoms with Crippen LogP contribution in [0.15, 0.2) is 85.2 Å². The van der Waals surface area contributed by atoms with Crippen LogP contribution in [0.1, 0.15) is 0 Å². The molecular formula is C21H20F5N2O3PS. The minimum Gasteiger partial charge on any atom is -0.741 e. The van der Waals surface area contributed by atoms with E-state index in [1.165, 1.54) is 12.4 Å². The normalized spacial score (nSPS) is 12.2. The van der Waals surface area contributed by atoms with Crippen LogP contribution in [0.2, 0.25) is 0 Å². The molecule has 0 amide bonds. The number of alkyl halides is 5. The zero-order valence-corrected chi connectivity index (χ0v) is 19.2. The van der Waals surface area contributed by atoms with Crippen molar-refractivity contribution >= 4 is 34.3 Å². The van der Waals surface area contributed by atoms with Gasteiger partial charge in [-0.15, -0.1) is 13.3 Å². The molecule has 0 aliphatic rings. The summed E-state index contributed by atoms with van der Waals surface area (Å²) in [7, 11) is -4.19. The molecule has 0 bridgehead atoms. The summed E-state index contributed by atoms with van der Waals surface area (Å²) in [6.07, 6.45) is 2.91. The van der Waals surface area contributed by atoms with Crippen molar-refractivity contribution < 1.29 is 39.5 Å². The highest BCUT2D eigenvalue weighted by atomic mass is 32.2. The highest BCUT2D eigenvalue weighted by Crippen LogP contribution is 2.50. The molecule has 178 valence electrons. The Labute approximate surface area is 189 Å². The molecule has 0 aliphatic carbocycles. The van der Waals surface area contributed by atoms with Gasteiger partial charge in [0.2, 0.25) is 0 Å². The van der Waals surface area contributed by atoms with Crippen LogP contribution in [0.4, 0.5) is 27.6 Å². The van der Waals surface area contributed by atoms with Crippen LogP contribution in [0.3, 0.4) is 0 Å². The fraction of sp³-hybridized carbons (Fsp3) is 0.190. The maximum absolute atomic E-state index is 15.5. The Balaban J connectivity index is 0.000000414. The second-order valence-electron chi connectivity index (χ2n) is 6.77. The van der Waals surface area contributed by atoms with Crippen molar-refractivity contribution in [2.45, 2.75) is 11.3 Å². The van der Waals surface area contributed by atoms with E-state index in [2.05, 4.69) is 0 Å². The standard InChI is InChI=1S/C20H20F2N2P.CHF3O3S/c1-23(2)17-13-15-24(16-14-17)20(21,22)25(18-9-5-3-6-10-18)19-11-7-4-8-12-19;2-1(3,4)8(5,6)7/h3-16H,1-2H3;(H,5,6,7)/q+1;/p-1. The van der Waals surface area contributed by atoms with Crippen molar-refractivity contribution in [1.82, 2.24) is 0 Å². The van der Waals surface area contributed by atoms with Gasteiger partial charge < -0.3 is 9.45 Å². The second kappa shape index (κ2) is 10.5. The molecule has 3 aromatic rings. The molecule has 0 saturated carbocycles. The van der Waals surface area contributed by atoms with Crippen LogP contribution >= 0.6 is 7.92 Å². The van der Waals surface area contributed by atoms with Crippen molar-refractivity contribution in [1.29, 1.82) is 0 Å². The molecule has 0 N–H and O–H groups in total. The molecule has 2 aromatic carbocycles. The molecule has 0 spiro atoms. The summed E-state index contributed by atoms with van der Waals surface area (Å²) in [6, 6.07) is 21.5. The number of benzene rings is 2. The fourth-order valence-electron chi connectivity index (χ4n) is 2.63. The quantitative estimate of drug-likeness (QED) is 0.174.